The molecule has 5 N–H and O–H groups in total. The lowest BCUT2D eigenvalue weighted by Crippen LogP contribution is -2.48. The summed E-state index contributed by atoms with van der Waals surface area (Å²) >= 11 is 0. The van der Waals surface area contributed by atoms with E-state index in [0.717, 1.165) is 17.5 Å². The zero-order valence-corrected chi connectivity index (χ0v) is 33.5. The maximum Gasteiger partial charge on any atom is 0.416 e. The fraction of sp³-hybridized carbons (Fsp3) is 0.500. The number of nitrogens with zero attached hydrogens (tertiary/aromatic N) is 2. The number of urea groups is 1. The molecule has 6 amide bonds. The first-order valence-electron chi connectivity index (χ1n) is 18.7. The number of benzene rings is 2. The fourth-order valence-electron chi connectivity index (χ4n) is 5.33. The minimum Gasteiger partial charge on any atom is -0.444 e. The van der Waals surface area contributed by atoms with E-state index in [0.29, 0.717) is 29.6 Å². The molecule has 0 saturated heterocycles. The molecule has 0 saturated carbocycles. The Hall–Kier alpha value is -5.61. The minimum atomic E-state index is -4.53. The molecule has 0 aliphatic carbocycles. The summed E-state index contributed by atoms with van der Waals surface area (Å²) in [6.07, 6.45) is -3.74. The zero-order valence-electron chi connectivity index (χ0n) is 33.5. The van der Waals surface area contributed by atoms with E-state index in [1.54, 1.807) is 54.5 Å². The highest BCUT2D eigenvalue weighted by molar-refractivity contribution is 5.98. The number of pyridine rings is 1. The van der Waals surface area contributed by atoms with Crippen LogP contribution in [0.25, 0.3) is 10.9 Å². The second-order valence-corrected chi connectivity index (χ2v) is 15.5. The van der Waals surface area contributed by atoms with Gasteiger partial charge in [-0.25, -0.2) is 14.4 Å². The van der Waals surface area contributed by atoms with E-state index in [2.05, 4.69) is 31.6 Å². The molecular weight excluding hydrogens is 747 g/mol. The largest absolute Gasteiger partial charge is 0.444 e. The number of nitrogens with one attached hydrogen (secondary N) is 5. The number of carbonyl (C=O) groups is 5. The maximum absolute atomic E-state index is 13.5. The quantitative estimate of drug-likeness (QED) is 0.103. The Labute approximate surface area is 331 Å². The Morgan fingerprint density at radius 1 is 0.772 bits per heavy atom. The molecule has 0 radical (unpaired) electrons. The summed E-state index contributed by atoms with van der Waals surface area (Å²) in [5, 5.41) is 14.3. The first kappa shape index (κ1) is 45.8. The van der Waals surface area contributed by atoms with Crippen molar-refractivity contribution >= 4 is 46.6 Å². The molecule has 17 heteroatoms. The molecule has 2 atom stereocenters. The van der Waals surface area contributed by atoms with Crippen molar-refractivity contribution in [2.75, 3.05) is 38.0 Å². The number of para-hydroxylation sites is 1. The molecule has 3 aromatic rings. The molecular formula is C40H54F3N7O7. The number of ether oxygens (including phenoxy) is 2. The lowest BCUT2D eigenvalue weighted by atomic mass is 10.0. The summed E-state index contributed by atoms with van der Waals surface area (Å²) in [6, 6.07) is 11.8. The molecule has 2 aromatic carbocycles. The van der Waals surface area contributed by atoms with Crippen molar-refractivity contribution in [3.63, 3.8) is 0 Å². The molecule has 3 rings (SSSR count). The Bertz CT molecular complexity index is 1790. The van der Waals surface area contributed by atoms with E-state index in [9.17, 15) is 37.1 Å². The highest BCUT2D eigenvalue weighted by Crippen LogP contribution is 2.29. The van der Waals surface area contributed by atoms with Gasteiger partial charge in [0.15, 0.2) is 0 Å². The average molecular weight is 802 g/mol. The van der Waals surface area contributed by atoms with Crippen molar-refractivity contribution in [1.29, 1.82) is 0 Å². The molecule has 57 heavy (non-hydrogen) atoms. The number of rotatable bonds is 16. The molecule has 1 aromatic heterocycles. The second kappa shape index (κ2) is 20.5. The molecule has 312 valence electrons. The lowest BCUT2D eigenvalue weighted by Gasteiger charge is -2.25. The highest BCUT2D eigenvalue weighted by atomic mass is 19.4. The molecule has 0 spiro atoms. The van der Waals surface area contributed by atoms with Gasteiger partial charge in [-0.3, -0.25) is 14.6 Å². The second-order valence-electron chi connectivity index (χ2n) is 15.5. The van der Waals surface area contributed by atoms with Gasteiger partial charge in [-0.1, -0.05) is 37.3 Å². The molecule has 14 nitrogen and oxygen atoms in total. The van der Waals surface area contributed by atoms with E-state index in [1.165, 1.54) is 23.2 Å². The third-order valence-corrected chi connectivity index (χ3v) is 8.14. The van der Waals surface area contributed by atoms with Gasteiger partial charge in [0.25, 0.3) is 0 Å². The SMILES string of the molecule is CC(CCCNC(=O)N(CCNC(=O)OC(C)(C)C)CCNC(=O)OC(C)(C)C)C(=O)NC(Cc1ccc(C(F)(F)F)cc1)C(=O)Nc1cnc2ccccc2c1. The Morgan fingerprint density at radius 2 is 1.35 bits per heavy atom. The van der Waals surface area contributed by atoms with E-state index in [4.69, 9.17) is 9.47 Å². The van der Waals surface area contributed by atoms with Crippen molar-refractivity contribution < 1.29 is 46.6 Å². The summed E-state index contributed by atoms with van der Waals surface area (Å²) in [6.45, 7) is 12.5. The van der Waals surface area contributed by atoms with Gasteiger partial charge in [0.1, 0.15) is 17.2 Å². The first-order chi connectivity index (χ1) is 26.6. The number of anilines is 1. The molecule has 2 unspecified atom stereocenters. The molecule has 0 bridgehead atoms. The van der Waals surface area contributed by atoms with Gasteiger partial charge < -0.3 is 41.0 Å². The highest BCUT2D eigenvalue weighted by Gasteiger charge is 2.31. The van der Waals surface area contributed by atoms with Gasteiger partial charge in [-0.05, 0) is 84.2 Å². The van der Waals surface area contributed by atoms with Crippen LogP contribution in [0.1, 0.15) is 72.4 Å². The van der Waals surface area contributed by atoms with Gasteiger partial charge in [0, 0.05) is 50.4 Å². The summed E-state index contributed by atoms with van der Waals surface area (Å²) in [5.74, 6) is -1.66. The van der Waals surface area contributed by atoms with E-state index < -0.39 is 64.9 Å². The van der Waals surface area contributed by atoms with Crippen molar-refractivity contribution in [2.24, 2.45) is 5.92 Å². The number of hydrogen-bond donors (Lipinski definition) is 5. The van der Waals surface area contributed by atoms with Crippen LogP contribution in [-0.4, -0.2) is 89.9 Å². The van der Waals surface area contributed by atoms with Gasteiger partial charge in [-0.2, -0.15) is 13.2 Å². The average Bonchev–Trinajstić information content (AvgIpc) is 3.10. The molecule has 0 aliphatic heterocycles. The smallest absolute Gasteiger partial charge is 0.416 e. The van der Waals surface area contributed by atoms with Gasteiger partial charge in [0.05, 0.1) is 23.0 Å². The van der Waals surface area contributed by atoms with E-state index in [-0.39, 0.29) is 39.1 Å². The van der Waals surface area contributed by atoms with Crippen molar-refractivity contribution in [3.8, 4) is 0 Å². The lowest BCUT2D eigenvalue weighted by molar-refractivity contribution is -0.137. The van der Waals surface area contributed by atoms with Crippen LogP contribution in [0.3, 0.4) is 0 Å². The number of aromatic nitrogens is 1. The normalized spacial score (nSPS) is 12.8. The third-order valence-electron chi connectivity index (χ3n) is 8.14. The van der Waals surface area contributed by atoms with E-state index >= 15 is 0 Å². The zero-order chi connectivity index (χ0) is 42.4. The van der Waals surface area contributed by atoms with Gasteiger partial charge >= 0.3 is 24.4 Å². The Balaban J connectivity index is 1.60. The molecule has 0 aliphatic rings. The van der Waals surface area contributed by atoms with E-state index in [1.807, 2.05) is 24.3 Å². The maximum atomic E-state index is 13.5. The predicted molar refractivity (Wildman–Crippen MR) is 209 cm³/mol. The van der Waals surface area contributed by atoms with Crippen LogP contribution < -0.4 is 26.6 Å². The van der Waals surface area contributed by atoms with Crippen LogP contribution in [0.2, 0.25) is 0 Å². The standard InChI is InChI=1S/C40H54F3N7O7/c1-26(11-10-18-44-35(53)50(21-19-45-36(54)56-38(2,3)4)22-20-46-37(55)57-39(5,6)7)33(51)49-32(23-27-14-16-29(17-15-27)40(41,42)43)34(52)48-30-24-28-12-8-9-13-31(28)47-25-30/h8-9,12-17,24-26,32H,10-11,18-23H2,1-7H3,(H,44,53)(H,45,54)(H,46,55)(H,48,52)(H,49,51). The van der Waals surface area contributed by atoms with Crippen LogP contribution in [0, 0.1) is 5.92 Å². The monoisotopic (exact) mass is 801 g/mol. The van der Waals surface area contributed by atoms with Crippen molar-refractivity contribution in [3.05, 3.63) is 71.9 Å². The number of halogens is 3. The summed E-state index contributed by atoms with van der Waals surface area (Å²) < 4.78 is 50.1. The van der Waals surface area contributed by atoms with Crippen molar-refractivity contribution in [2.45, 2.75) is 91.1 Å². The van der Waals surface area contributed by atoms with Gasteiger partial charge in [-0.15, -0.1) is 0 Å². The number of amides is 6. The predicted octanol–water partition coefficient (Wildman–Crippen LogP) is 6.40. The summed E-state index contributed by atoms with van der Waals surface area (Å²) in [7, 11) is 0. The van der Waals surface area contributed by atoms with Crippen LogP contribution in [0.15, 0.2) is 60.8 Å². The Kier molecular flexibility index (Phi) is 16.5. The topological polar surface area (TPSA) is 180 Å². The molecule has 0 fully saturated rings. The number of carbonyl (C=O) groups excluding carboxylic acids is 5. The van der Waals surface area contributed by atoms with Crippen LogP contribution in [-0.2, 0) is 31.7 Å². The summed E-state index contributed by atoms with van der Waals surface area (Å²) in [4.78, 5) is 70.1. The minimum absolute atomic E-state index is 0.0740. The Morgan fingerprint density at radius 3 is 1.91 bits per heavy atom. The fourth-order valence-corrected chi connectivity index (χ4v) is 5.33. The summed E-state index contributed by atoms with van der Waals surface area (Å²) in [5.41, 5.74) is -0.749. The molecule has 1 heterocycles. The first-order valence-corrected chi connectivity index (χ1v) is 18.7. The van der Waals surface area contributed by atoms with Crippen LogP contribution in [0.4, 0.5) is 33.2 Å². The number of alkyl carbamates (subject to hydrolysis) is 2. The number of hydrogen-bond acceptors (Lipinski definition) is 8. The van der Waals surface area contributed by atoms with Crippen LogP contribution in [0.5, 0.6) is 0 Å². The number of fused-ring (bicyclic) bond motifs is 1. The van der Waals surface area contributed by atoms with Crippen molar-refractivity contribution in [1.82, 2.24) is 31.2 Å². The third kappa shape index (κ3) is 17.0. The number of alkyl halides is 3. The van der Waals surface area contributed by atoms with Crippen LogP contribution >= 0.6 is 0 Å². The van der Waals surface area contributed by atoms with Gasteiger partial charge in [0.2, 0.25) is 11.8 Å².